The number of rotatable bonds is 10. The Morgan fingerprint density at radius 1 is 1.07 bits per heavy atom. The Hall–Kier alpha value is -2.73. The highest BCUT2D eigenvalue weighted by Gasteiger charge is 2.20. The van der Waals surface area contributed by atoms with Gasteiger partial charge in [-0.15, -0.1) is 0 Å². The molecule has 4 N–H and O–H groups in total. The van der Waals surface area contributed by atoms with E-state index in [1.54, 1.807) is 14.2 Å². The van der Waals surface area contributed by atoms with Gasteiger partial charge < -0.3 is 25.8 Å². The van der Waals surface area contributed by atoms with E-state index in [1.807, 2.05) is 24.3 Å². The second-order valence-corrected chi connectivity index (χ2v) is 7.73. The Bertz CT molecular complexity index is 791. The molecule has 0 radical (unpaired) electrons. The molecular weight excluding hydrogens is 364 g/mol. The van der Waals surface area contributed by atoms with Gasteiger partial charge in [-0.3, -0.25) is 4.99 Å². The average molecular weight is 399 g/mol. The van der Waals surface area contributed by atoms with Gasteiger partial charge in [-0.2, -0.15) is 0 Å². The lowest BCUT2D eigenvalue weighted by Gasteiger charge is -2.29. The molecule has 0 heterocycles. The zero-order chi connectivity index (χ0) is 21.3. The van der Waals surface area contributed by atoms with E-state index in [-0.39, 0.29) is 11.6 Å². The van der Waals surface area contributed by atoms with Crippen molar-refractivity contribution in [3.63, 3.8) is 0 Å². The van der Waals surface area contributed by atoms with Gasteiger partial charge in [-0.1, -0.05) is 36.4 Å². The first-order chi connectivity index (χ1) is 13.8. The molecule has 158 valence electrons. The molecule has 1 atom stereocenters. The molecule has 0 fully saturated rings. The van der Waals surface area contributed by atoms with Crippen molar-refractivity contribution in [3.05, 3.63) is 59.7 Å². The van der Waals surface area contributed by atoms with Crippen molar-refractivity contribution >= 4 is 5.96 Å². The van der Waals surface area contributed by atoms with Gasteiger partial charge in [0.2, 0.25) is 0 Å². The first-order valence-electron chi connectivity index (χ1n) is 9.92. The van der Waals surface area contributed by atoms with Gasteiger partial charge in [0.1, 0.15) is 0 Å². The number of methoxy groups -OCH3 is 2. The number of aliphatic imine (C=N–C) groups is 1. The summed E-state index contributed by atoms with van der Waals surface area (Å²) in [6, 6.07) is 16.5. The van der Waals surface area contributed by atoms with Crippen LogP contribution in [0.25, 0.3) is 0 Å². The van der Waals surface area contributed by atoms with Crippen molar-refractivity contribution < 1.29 is 9.47 Å². The van der Waals surface area contributed by atoms with Gasteiger partial charge >= 0.3 is 0 Å². The second-order valence-electron chi connectivity index (χ2n) is 7.73. The summed E-state index contributed by atoms with van der Waals surface area (Å²) in [6.07, 6.45) is 0.809. The third-order valence-corrected chi connectivity index (χ3v) is 4.72. The number of hydrogen-bond acceptors (Lipinski definition) is 4. The molecule has 29 heavy (non-hydrogen) atoms. The molecule has 0 aliphatic carbocycles. The standard InChI is InChI=1S/C23H34N4O2/c1-17(19-9-7-6-8-10-19)27-23(2,3)16-26-22(24)25-14-13-18-11-12-20(28-4)21(15-18)29-5/h6-12,15,17,27H,13-14,16H2,1-5H3,(H3,24,25,26). The smallest absolute Gasteiger partial charge is 0.188 e. The highest BCUT2D eigenvalue weighted by Crippen LogP contribution is 2.27. The maximum atomic E-state index is 6.06. The van der Waals surface area contributed by atoms with E-state index >= 15 is 0 Å². The average Bonchev–Trinajstić information content (AvgIpc) is 2.72. The normalized spacial score (nSPS) is 13.1. The first kappa shape index (κ1) is 22.6. The summed E-state index contributed by atoms with van der Waals surface area (Å²) in [4.78, 5) is 4.51. The Morgan fingerprint density at radius 3 is 2.41 bits per heavy atom. The number of benzene rings is 2. The number of nitrogens with one attached hydrogen (secondary N) is 2. The molecule has 0 aliphatic rings. The summed E-state index contributed by atoms with van der Waals surface area (Å²) >= 11 is 0. The quantitative estimate of drug-likeness (QED) is 0.423. The third-order valence-electron chi connectivity index (χ3n) is 4.72. The second kappa shape index (κ2) is 10.7. The zero-order valence-electron chi connectivity index (χ0n) is 18.2. The summed E-state index contributed by atoms with van der Waals surface area (Å²) in [7, 11) is 3.27. The van der Waals surface area contributed by atoms with E-state index in [4.69, 9.17) is 15.2 Å². The topological polar surface area (TPSA) is 80.9 Å². The fraction of sp³-hybridized carbons (Fsp3) is 0.435. The first-order valence-corrected chi connectivity index (χ1v) is 9.92. The monoisotopic (exact) mass is 398 g/mol. The lowest BCUT2D eigenvalue weighted by atomic mass is 10.0. The molecule has 0 aromatic heterocycles. The molecular formula is C23H34N4O2. The molecule has 6 heteroatoms. The highest BCUT2D eigenvalue weighted by molar-refractivity contribution is 5.77. The summed E-state index contributed by atoms with van der Waals surface area (Å²) in [5, 5.41) is 6.80. The molecule has 6 nitrogen and oxygen atoms in total. The van der Waals surface area contributed by atoms with Crippen LogP contribution in [0.5, 0.6) is 11.5 Å². The summed E-state index contributed by atoms with van der Waals surface area (Å²) in [5.74, 6) is 1.91. The van der Waals surface area contributed by atoms with Gasteiger partial charge in [-0.05, 0) is 50.5 Å². The summed E-state index contributed by atoms with van der Waals surface area (Å²) in [6.45, 7) is 7.70. The Labute approximate surface area is 174 Å². The molecule has 2 rings (SSSR count). The number of hydrogen-bond donors (Lipinski definition) is 3. The van der Waals surface area contributed by atoms with Crippen LogP contribution in [0, 0.1) is 0 Å². The van der Waals surface area contributed by atoms with E-state index < -0.39 is 0 Å². The van der Waals surface area contributed by atoms with Crippen LogP contribution in [-0.4, -0.2) is 38.8 Å². The lowest BCUT2D eigenvalue weighted by molar-refractivity contribution is 0.354. The predicted octanol–water partition coefficient (Wildman–Crippen LogP) is 3.28. The third kappa shape index (κ3) is 7.31. The molecule has 0 saturated carbocycles. The van der Waals surface area contributed by atoms with Crippen molar-refractivity contribution in [1.82, 2.24) is 10.6 Å². The minimum absolute atomic E-state index is 0.176. The van der Waals surface area contributed by atoms with Crippen LogP contribution in [0.1, 0.15) is 37.9 Å². The van der Waals surface area contributed by atoms with Crippen LogP contribution in [0.4, 0.5) is 0 Å². The minimum Gasteiger partial charge on any atom is -0.493 e. The van der Waals surface area contributed by atoms with Gasteiger partial charge in [0.15, 0.2) is 17.5 Å². The lowest BCUT2D eigenvalue weighted by Crippen LogP contribution is -2.45. The summed E-state index contributed by atoms with van der Waals surface area (Å²) in [5.41, 5.74) is 8.27. The van der Waals surface area contributed by atoms with Crippen molar-refractivity contribution in [3.8, 4) is 11.5 Å². The van der Waals surface area contributed by atoms with Crippen molar-refractivity contribution in [2.45, 2.75) is 38.8 Å². The van der Waals surface area contributed by atoms with Crippen LogP contribution in [-0.2, 0) is 6.42 Å². The molecule has 0 aliphatic heterocycles. The molecule has 0 spiro atoms. The van der Waals surface area contributed by atoms with Gasteiger partial charge in [0.05, 0.1) is 20.8 Å². The van der Waals surface area contributed by atoms with E-state index in [1.165, 1.54) is 5.56 Å². The molecule has 2 aromatic carbocycles. The number of ether oxygens (including phenoxy) is 2. The molecule has 0 amide bonds. The number of nitrogens with zero attached hydrogens (tertiary/aromatic N) is 1. The van der Waals surface area contributed by atoms with Crippen LogP contribution < -0.4 is 25.8 Å². The van der Waals surface area contributed by atoms with Gasteiger partial charge in [0.25, 0.3) is 0 Å². The SMILES string of the molecule is COc1ccc(CCNC(N)=NCC(C)(C)NC(C)c2ccccc2)cc1OC. The fourth-order valence-electron chi connectivity index (χ4n) is 3.17. The number of guanidine groups is 1. The van der Waals surface area contributed by atoms with Gasteiger partial charge in [-0.25, -0.2) is 0 Å². The van der Waals surface area contributed by atoms with E-state index in [0.29, 0.717) is 19.0 Å². The van der Waals surface area contributed by atoms with Crippen LogP contribution >= 0.6 is 0 Å². The van der Waals surface area contributed by atoms with E-state index in [9.17, 15) is 0 Å². The molecule has 0 saturated heterocycles. The van der Waals surface area contributed by atoms with Gasteiger partial charge in [0, 0.05) is 18.1 Å². The number of nitrogens with two attached hydrogens (primary N) is 1. The molecule has 2 aromatic rings. The maximum absolute atomic E-state index is 6.06. The van der Waals surface area contributed by atoms with E-state index in [0.717, 1.165) is 23.5 Å². The van der Waals surface area contributed by atoms with Crippen LogP contribution in [0.2, 0.25) is 0 Å². The zero-order valence-corrected chi connectivity index (χ0v) is 18.2. The minimum atomic E-state index is -0.176. The van der Waals surface area contributed by atoms with Crippen molar-refractivity contribution in [1.29, 1.82) is 0 Å². The molecule has 0 bridgehead atoms. The largest absolute Gasteiger partial charge is 0.493 e. The summed E-state index contributed by atoms with van der Waals surface area (Å²) < 4.78 is 10.6. The Morgan fingerprint density at radius 2 is 1.76 bits per heavy atom. The van der Waals surface area contributed by atoms with E-state index in [2.05, 4.69) is 60.7 Å². The Balaban J connectivity index is 1.82. The van der Waals surface area contributed by atoms with Crippen LogP contribution in [0.15, 0.2) is 53.5 Å². The predicted molar refractivity (Wildman–Crippen MR) is 120 cm³/mol. The maximum Gasteiger partial charge on any atom is 0.188 e. The van der Waals surface area contributed by atoms with Crippen molar-refractivity contribution in [2.75, 3.05) is 27.3 Å². The van der Waals surface area contributed by atoms with Crippen molar-refractivity contribution in [2.24, 2.45) is 10.7 Å². The molecule has 1 unspecified atom stereocenters. The van der Waals surface area contributed by atoms with Crippen LogP contribution in [0.3, 0.4) is 0 Å². The fourth-order valence-corrected chi connectivity index (χ4v) is 3.17. The Kier molecular flexibility index (Phi) is 8.34. The highest BCUT2D eigenvalue weighted by atomic mass is 16.5.